The SMILES string of the molecule is O=C1CCc2cc(S(=O)(=O)Nc3ccc4cn[nH]c4c3)ccc2N1. The molecule has 0 saturated heterocycles. The Morgan fingerprint density at radius 2 is 1.96 bits per heavy atom. The van der Waals surface area contributed by atoms with E-state index in [0.717, 1.165) is 16.5 Å². The minimum Gasteiger partial charge on any atom is -0.326 e. The van der Waals surface area contributed by atoms with Gasteiger partial charge in [-0.3, -0.25) is 14.6 Å². The first kappa shape index (κ1) is 14.7. The summed E-state index contributed by atoms with van der Waals surface area (Å²) in [6.45, 7) is 0. The van der Waals surface area contributed by atoms with Crippen molar-refractivity contribution in [1.29, 1.82) is 0 Å². The zero-order valence-corrected chi connectivity index (χ0v) is 13.4. The average Bonchev–Trinajstić information content (AvgIpc) is 3.01. The van der Waals surface area contributed by atoms with E-state index in [-0.39, 0.29) is 10.8 Å². The van der Waals surface area contributed by atoms with Gasteiger partial charge in [-0.15, -0.1) is 0 Å². The fourth-order valence-corrected chi connectivity index (χ4v) is 3.84. The van der Waals surface area contributed by atoms with Crippen molar-refractivity contribution >= 4 is 38.2 Å². The van der Waals surface area contributed by atoms with Gasteiger partial charge in [0.1, 0.15) is 0 Å². The first-order valence-electron chi connectivity index (χ1n) is 7.40. The van der Waals surface area contributed by atoms with Gasteiger partial charge in [0.05, 0.1) is 22.3 Å². The zero-order chi connectivity index (χ0) is 16.7. The van der Waals surface area contributed by atoms with Crippen molar-refractivity contribution in [2.45, 2.75) is 17.7 Å². The van der Waals surface area contributed by atoms with Crippen LogP contribution in [0.15, 0.2) is 47.5 Å². The third-order valence-electron chi connectivity index (χ3n) is 3.98. The van der Waals surface area contributed by atoms with Crippen LogP contribution in [0.25, 0.3) is 10.9 Å². The first-order valence-corrected chi connectivity index (χ1v) is 8.88. The quantitative estimate of drug-likeness (QED) is 0.679. The number of amides is 1. The Hall–Kier alpha value is -2.87. The lowest BCUT2D eigenvalue weighted by Gasteiger charge is -2.17. The molecule has 8 heteroatoms. The van der Waals surface area contributed by atoms with E-state index in [1.807, 2.05) is 0 Å². The van der Waals surface area contributed by atoms with Crippen molar-refractivity contribution in [3.63, 3.8) is 0 Å². The number of aryl methyl sites for hydroxylation is 1. The number of benzene rings is 2. The molecule has 3 aromatic rings. The largest absolute Gasteiger partial charge is 0.326 e. The molecule has 1 aliphatic rings. The Morgan fingerprint density at radius 1 is 1.08 bits per heavy atom. The number of aromatic amines is 1. The molecule has 1 aromatic heterocycles. The molecular weight excluding hydrogens is 328 g/mol. The van der Waals surface area contributed by atoms with Crippen LogP contribution < -0.4 is 10.0 Å². The molecule has 0 saturated carbocycles. The van der Waals surface area contributed by atoms with Gasteiger partial charge >= 0.3 is 0 Å². The van der Waals surface area contributed by atoms with Gasteiger partial charge in [-0.25, -0.2) is 8.42 Å². The average molecular weight is 342 g/mol. The van der Waals surface area contributed by atoms with Gasteiger partial charge in [-0.1, -0.05) is 0 Å². The molecule has 0 bridgehead atoms. The summed E-state index contributed by atoms with van der Waals surface area (Å²) in [6.07, 6.45) is 2.57. The molecule has 2 heterocycles. The second-order valence-electron chi connectivity index (χ2n) is 5.64. The van der Waals surface area contributed by atoms with Crippen LogP contribution in [-0.4, -0.2) is 24.5 Å². The van der Waals surface area contributed by atoms with Crippen molar-refractivity contribution in [2.24, 2.45) is 0 Å². The topological polar surface area (TPSA) is 104 Å². The number of nitrogens with zero attached hydrogens (tertiary/aromatic N) is 1. The molecular formula is C16H14N4O3S. The summed E-state index contributed by atoms with van der Waals surface area (Å²) in [7, 11) is -3.71. The monoisotopic (exact) mass is 342 g/mol. The number of hydrogen-bond acceptors (Lipinski definition) is 4. The predicted octanol–water partition coefficient (Wildman–Crippen LogP) is 2.25. The molecule has 24 heavy (non-hydrogen) atoms. The number of rotatable bonds is 3. The second-order valence-corrected chi connectivity index (χ2v) is 7.33. The van der Waals surface area contributed by atoms with E-state index >= 15 is 0 Å². The van der Waals surface area contributed by atoms with Crippen LogP contribution in [-0.2, 0) is 21.2 Å². The Balaban J connectivity index is 1.66. The first-order chi connectivity index (χ1) is 11.5. The Kier molecular flexibility index (Phi) is 3.27. The highest BCUT2D eigenvalue weighted by Gasteiger charge is 2.20. The molecule has 1 amide bonds. The lowest BCUT2D eigenvalue weighted by molar-refractivity contribution is -0.116. The van der Waals surface area contributed by atoms with Crippen molar-refractivity contribution in [1.82, 2.24) is 10.2 Å². The summed E-state index contributed by atoms with van der Waals surface area (Å²) < 4.78 is 27.8. The Bertz CT molecular complexity index is 1060. The number of nitrogens with one attached hydrogen (secondary N) is 3. The minimum atomic E-state index is -3.71. The van der Waals surface area contributed by atoms with Crippen LogP contribution in [0.2, 0.25) is 0 Å². The maximum absolute atomic E-state index is 12.6. The summed E-state index contributed by atoms with van der Waals surface area (Å²) in [5, 5.41) is 10.4. The van der Waals surface area contributed by atoms with Crippen molar-refractivity contribution in [2.75, 3.05) is 10.0 Å². The van der Waals surface area contributed by atoms with E-state index in [9.17, 15) is 13.2 Å². The maximum Gasteiger partial charge on any atom is 0.261 e. The molecule has 3 N–H and O–H groups in total. The molecule has 7 nitrogen and oxygen atoms in total. The van der Waals surface area contributed by atoms with Crippen molar-refractivity contribution in [3.8, 4) is 0 Å². The van der Waals surface area contributed by atoms with Gasteiger partial charge < -0.3 is 5.32 Å². The second kappa shape index (κ2) is 5.34. The lowest BCUT2D eigenvalue weighted by atomic mass is 10.0. The van der Waals surface area contributed by atoms with E-state index < -0.39 is 10.0 Å². The summed E-state index contributed by atoms with van der Waals surface area (Å²) in [5.74, 6) is -0.0518. The van der Waals surface area contributed by atoms with Crippen molar-refractivity contribution in [3.05, 3.63) is 48.2 Å². The van der Waals surface area contributed by atoms with Gasteiger partial charge in [-0.2, -0.15) is 5.10 Å². The summed E-state index contributed by atoms with van der Waals surface area (Å²) in [4.78, 5) is 11.6. The third kappa shape index (κ3) is 2.61. The van der Waals surface area contributed by atoms with E-state index in [1.54, 1.807) is 36.5 Å². The van der Waals surface area contributed by atoms with Crippen LogP contribution in [0.1, 0.15) is 12.0 Å². The number of aromatic nitrogens is 2. The highest BCUT2D eigenvalue weighted by Crippen LogP contribution is 2.27. The van der Waals surface area contributed by atoms with Crippen LogP contribution in [0, 0.1) is 0 Å². The molecule has 0 fully saturated rings. The van der Waals surface area contributed by atoms with Gasteiger partial charge in [0.25, 0.3) is 10.0 Å². The zero-order valence-electron chi connectivity index (χ0n) is 12.5. The highest BCUT2D eigenvalue weighted by atomic mass is 32.2. The molecule has 122 valence electrons. The standard InChI is InChI=1S/C16H14N4O3S/c21-16-6-2-10-7-13(4-5-14(10)18-16)24(22,23)20-12-3-1-11-9-17-19-15(11)8-12/h1,3-5,7-9,20H,2,6H2,(H,17,19)(H,18,21). The third-order valence-corrected chi connectivity index (χ3v) is 5.36. The van der Waals surface area contributed by atoms with Crippen LogP contribution >= 0.6 is 0 Å². The highest BCUT2D eigenvalue weighted by molar-refractivity contribution is 7.92. The molecule has 1 aliphatic heterocycles. The van der Waals surface area contributed by atoms with E-state index in [1.165, 1.54) is 6.07 Å². The molecule has 0 unspecified atom stereocenters. The number of hydrogen-bond donors (Lipinski definition) is 3. The predicted molar refractivity (Wildman–Crippen MR) is 90.3 cm³/mol. The van der Waals surface area contributed by atoms with E-state index in [4.69, 9.17) is 0 Å². The van der Waals surface area contributed by atoms with Crippen LogP contribution in [0.5, 0.6) is 0 Å². The van der Waals surface area contributed by atoms with Crippen molar-refractivity contribution < 1.29 is 13.2 Å². The van der Waals surface area contributed by atoms with E-state index in [2.05, 4.69) is 20.2 Å². The van der Waals surface area contributed by atoms with Gasteiger partial charge in [0, 0.05) is 17.5 Å². The molecule has 4 rings (SSSR count). The minimum absolute atomic E-state index is 0.0518. The molecule has 0 spiro atoms. The van der Waals surface area contributed by atoms with Crippen LogP contribution in [0.3, 0.4) is 0 Å². The number of anilines is 2. The lowest BCUT2D eigenvalue weighted by Crippen LogP contribution is -2.20. The maximum atomic E-state index is 12.6. The normalized spacial score (nSPS) is 14.2. The summed E-state index contributed by atoms with van der Waals surface area (Å²) in [5.41, 5.74) is 2.70. The summed E-state index contributed by atoms with van der Waals surface area (Å²) >= 11 is 0. The molecule has 2 aromatic carbocycles. The van der Waals surface area contributed by atoms with E-state index in [0.29, 0.717) is 24.2 Å². The molecule has 0 aliphatic carbocycles. The van der Waals surface area contributed by atoms with Crippen LogP contribution in [0.4, 0.5) is 11.4 Å². The molecule has 0 atom stereocenters. The smallest absolute Gasteiger partial charge is 0.261 e. The fourth-order valence-electron chi connectivity index (χ4n) is 2.74. The number of carbonyl (C=O) groups excluding carboxylic acids is 1. The summed E-state index contributed by atoms with van der Waals surface area (Å²) in [6, 6.07) is 9.89. The molecule has 0 radical (unpaired) electrons. The number of H-pyrrole nitrogens is 1. The van der Waals surface area contributed by atoms with Gasteiger partial charge in [0.15, 0.2) is 0 Å². The van der Waals surface area contributed by atoms with Gasteiger partial charge in [-0.05, 0) is 48.4 Å². The Morgan fingerprint density at radius 3 is 2.83 bits per heavy atom. The Labute approximate surface area is 138 Å². The fraction of sp³-hybridized carbons (Fsp3) is 0.125. The number of sulfonamides is 1. The number of carbonyl (C=O) groups is 1. The van der Waals surface area contributed by atoms with Gasteiger partial charge in [0.2, 0.25) is 5.91 Å². The number of fused-ring (bicyclic) bond motifs is 2.